The summed E-state index contributed by atoms with van der Waals surface area (Å²) in [5.41, 5.74) is 0.695. The number of aromatic nitrogens is 2. The third kappa shape index (κ3) is 3.43. The van der Waals surface area contributed by atoms with Crippen LogP contribution in [0.15, 0.2) is 42.5 Å². The van der Waals surface area contributed by atoms with Crippen molar-refractivity contribution in [2.75, 3.05) is 18.0 Å². The van der Waals surface area contributed by atoms with Gasteiger partial charge in [-0.05, 0) is 36.8 Å². The van der Waals surface area contributed by atoms with Crippen molar-refractivity contribution in [1.82, 2.24) is 9.97 Å². The van der Waals surface area contributed by atoms with Crippen LogP contribution in [0, 0.1) is 11.7 Å². The molecule has 3 aromatic rings. The molecule has 1 unspecified atom stereocenters. The molecule has 27 heavy (non-hydrogen) atoms. The van der Waals surface area contributed by atoms with E-state index in [0.29, 0.717) is 21.7 Å². The minimum Gasteiger partial charge on any atom is -0.355 e. The summed E-state index contributed by atoms with van der Waals surface area (Å²) in [7, 11) is 0. The van der Waals surface area contributed by atoms with Gasteiger partial charge in [-0.2, -0.15) is 13.2 Å². The second-order valence-corrected chi connectivity index (χ2v) is 6.92. The number of halogens is 5. The fourth-order valence-corrected chi connectivity index (χ4v) is 3.48. The van der Waals surface area contributed by atoms with E-state index in [1.54, 1.807) is 41.3 Å². The van der Waals surface area contributed by atoms with Crippen LogP contribution in [0.1, 0.15) is 6.42 Å². The van der Waals surface area contributed by atoms with Gasteiger partial charge in [0.1, 0.15) is 11.6 Å². The van der Waals surface area contributed by atoms with Crippen molar-refractivity contribution < 1.29 is 17.6 Å². The topological polar surface area (TPSA) is 29.0 Å². The molecule has 140 valence electrons. The lowest BCUT2D eigenvalue weighted by molar-refractivity contribution is -0.168. The first-order valence-electron chi connectivity index (χ1n) is 8.37. The van der Waals surface area contributed by atoms with Gasteiger partial charge < -0.3 is 4.90 Å². The molecule has 8 heteroatoms. The largest absolute Gasteiger partial charge is 0.393 e. The minimum atomic E-state index is -4.26. The molecule has 2 aromatic carbocycles. The minimum absolute atomic E-state index is 0.00933. The fraction of sp³-hybridized carbons (Fsp3) is 0.263. The highest BCUT2D eigenvalue weighted by Crippen LogP contribution is 2.38. The van der Waals surface area contributed by atoms with Gasteiger partial charge in [-0.15, -0.1) is 0 Å². The van der Waals surface area contributed by atoms with E-state index in [9.17, 15) is 17.6 Å². The van der Waals surface area contributed by atoms with Crippen molar-refractivity contribution in [3.05, 3.63) is 53.3 Å². The predicted molar refractivity (Wildman–Crippen MR) is 96.3 cm³/mol. The zero-order valence-electron chi connectivity index (χ0n) is 14.0. The first-order chi connectivity index (χ1) is 12.8. The quantitative estimate of drug-likeness (QED) is 0.538. The summed E-state index contributed by atoms with van der Waals surface area (Å²) in [6.07, 6.45) is -4.27. The Morgan fingerprint density at radius 2 is 1.85 bits per heavy atom. The second kappa shape index (κ2) is 6.64. The van der Waals surface area contributed by atoms with E-state index >= 15 is 0 Å². The van der Waals surface area contributed by atoms with Crippen molar-refractivity contribution in [1.29, 1.82) is 0 Å². The smallest absolute Gasteiger partial charge is 0.355 e. The number of benzene rings is 2. The van der Waals surface area contributed by atoms with Crippen LogP contribution in [0.25, 0.3) is 22.3 Å². The Balaban J connectivity index is 1.86. The van der Waals surface area contributed by atoms with Crippen LogP contribution in [0.4, 0.5) is 23.4 Å². The van der Waals surface area contributed by atoms with E-state index in [1.807, 2.05) is 0 Å². The van der Waals surface area contributed by atoms with Crippen LogP contribution in [-0.4, -0.2) is 29.2 Å². The van der Waals surface area contributed by atoms with Gasteiger partial charge in [0.15, 0.2) is 5.82 Å². The zero-order chi connectivity index (χ0) is 19.2. The molecule has 1 fully saturated rings. The lowest BCUT2D eigenvalue weighted by atomic mass is 10.1. The van der Waals surface area contributed by atoms with Crippen molar-refractivity contribution >= 4 is 28.3 Å². The normalized spacial score (nSPS) is 17.7. The maximum atomic E-state index is 14.2. The van der Waals surface area contributed by atoms with Crippen LogP contribution < -0.4 is 4.90 Å². The highest BCUT2D eigenvalue weighted by atomic mass is 35.5. The average Bonchev–Trinajstić information content (AvgIpc) is 3.12. The van der Waals surface area contributed by atoms with Crippen molar-refractivity contribution in [3.63, 3.8) is 0 Å². The number of anilines is 1. The number of nitrogens with zero attached hydrogens (tertiary/aromatic N) is 3. The molecule has 0 N–H and O–H groups in total. The average molecular weight is 396 g/mol. The molecule has 1 aliphatic heterocycles. The molecule has 3 nitrogen and oxygen atoms in total. The zero-order valence-corrected chi connectivity index (χ0v) is 14.7. The molecule has 4 rings (SSSR count). The molecular weight excluding hydrogens is 382 g/mol. The van der Waals surface area contributed by atoms with E-state index in [4.69, 9.17) is 11.6 Å². The van der Waals surface area contributed by atoms with Crippen LogP contribution >= 0.6 is 11.6 Å². The Bertz CT molecular complexity index is 1010. The first kappa shape index (κ1) is 18.0. The molecular formula is C19H14ClF4N3. The maximum Gasteiger partial charge on any atom is 0.393 e. The molecule has 0 radical (unpaired) electrons. The summed E-state index contributed by atoms with van der Waals surface area (Å²) >= 11 is 6.07. The Kier molecular flexibility index (Phi) is 4.42. The van der Waals surface area contributed by atoms with Gasteiger partial charge in [0, 0.05) is 23.5 Å². The SMILES string of the molecule is Fc1ccccc1-c1nc(N2CCC(C(F)(F)F)C2)c2cc(Cl)ccc2n1. The van der Waals surface area contributed by atoms with E-state index in [-0.39, 0.29) is 30.9 Å². The Hall–Kier alpha value is -2.41. The molecule has 2 heterocycles. The van der Waals surface area contributed by atoms with Gasteiger partial charge in [-0.25, -0.2) is 14.4 Å². The van der Waals surface area contributed by atoms with Crippen LogP contribution in [0.2, 0.25) is 5.02 Å². The Morgan fingerprint density at radius 1 is 1.07 bits per heavy atom. The standard InChI is InChI=1S/C19H14ClF4N3/c20-12-5-6-16-14(9-12)18(27-8-7-11(10-27)19(22,23)24)26-17(25-16)13-3-1-2-4-15(13)21/h1-6,9,11H,7-8,10H2. The second-order valence-electron chi connectivity index (χ2n) is 6.49. The third-order valence-electron chi connectivity index (χ3n) is 4.70. The predicted octanol–water partition coefficient (Wildman–Crippen LogP) is 5.48. The van der Waals surface area contributed by atoms with Crippen molar-refractivity contribution in [2.24, 2.45) is 5.92 Å². The van der Waals surface area contributed by atoms with E-state index in [1.165, 1.54) is 6.07 Å². The maximum absolute atomic E-state index is 14.2. The molecule has 0 spiro atoms. The molecule has 0 aliphatic carbocycles. The van der Waals surface area contributed by atoms with Crippen LogP contribution in [-0.2, 0) is 0 Å². The summed E-state index contributed by atoms with van der Waals surface area (Å²) in [6.45, 7) is 0.0123. The molecule has 0 amide bonds. The number of hydrogen-bond donors (Lipinski definition) is 0. The Morgan fingerprint density at radius 3 is 2.56 bits per heavy atom. The van der Waals surface area contributed by atoms with Gasteiger partial charge in [-0.1, -0.05) is 23.7 Å². The highest BCUT2D eigenvalue weighted by molar-refractivity contribution is 6.31. The number of alkyl halides is 3. The fourth-order valence-electron chi connectivity index (χ4n) is 3.31. The van der Waals surface area contributed by atoms with Crippen molar-refractivity contribution in [2.45, 2.75) is 12.6 Å². The van der Waals surface area contributed by atoms with Gasteiger partial charge >= 0.3 is 6.18 Å². The Labute approximate surface area is 157 Å². The molecule has 1 saturated heterocycles. The number of hydrogen-bond acceptors (Lipinski definition) is 3. The first-order valence-corrected chi connectivity index (χ1v) is 8.74. The van der Waals surface area contributed by atoms with Crippen LogP contribution in [0.3, 0.4) is 0 Å². The number of rotatable bonds is 2. The molecule has 0 bridgehead atoms. The van der Waals surface area contributed by atoms with E-state index < -0.39 is 17.9 Å². The van der Waals surface area contributed by atoms with Gasteiger partial charge in [0.25, 0.3) is 0 Å². The summed E-state index contributed by atoms with van der Waals surface area (Å²) in [6, 6.07) is 11.0. The van der Waals surface area contributed by atoms with Gasteiger partial charge in [0.05, 0.1) is 17.0 Å². The third-order valence-corrected chi connectivity index (χ3v) is 4.94. The van der Waals surface area contributed by atoms with Crippen LogP contribution in [0.5, 0.6) is 0 Å². The number of fused-ring (bicyclic) bond motifs is 1. The monoisotopic (exact) mass is 395 g/mol. The molecule has 1 aliphatic rings. The lowest BCUT2D eigenvalue weighted by Crippen LogP contribution is -2.28. The van der Waals surface area contributed by atoms with Crippen molar-refractivity contribution in [3.8, 4) is 11.4 Å². The summed E-state index contributed by atoms with van der Waals surface area (Å²) in [5, 5.41) is 0.975. The van der Waals surface area contributed by atoms with Gasteiger partial charge in [-0.3, -0.25) is 0 Å². The highest BCUT2D eigenvalue weighted by Gasteiger charge is 2.44. The summed E-state index contributed by atoms with van der Waals surface area (Å²) in [4.78, 5) is 10.4. The van der Waals surface area contributed by atoms with Gasteiger partial charge in [0.2, 0.25) is 0 Å². The van der Waals surface area contributed by atoms with E-state index in [0.717, 1.165) is 0 Å². The molecule has 0 saturated carbocycles. The molecule has 1 atom stereocenters. The summed E-state index contributed by atoms with van der Waals surface area (Å²) < 4.78 is 53.5. The lowest BCUT2D eigenvalue weighted by Gasteiger charge is -2.21. The van der Waals surface area contributed by atoms with E-state index in [2.05, 4.69) is 9.97 Å². The molecule has 1 aromatic heterocycles. The summed E-state index contributed by atoms with van der Waals surface area (Å²) in [5.74, 6) is -1.44.